The van der Waals surface area contributed by atoms with Crippen molar-refractivity contribution in [3.63, 3.8) is 0 Å². The molecule has 0 radical (unpaired) electrons. The van der Waals surface area contributed by atoms with Crippen LogP contribution in [0.5, 0.6) is 5.75 Å². The van der Waals surface area contributed by atoms with Gasteiger partial charge in [-0.15, -0.1) is 0 Å². The number of piperidine rings is 1. The van der Waals surface area contributed by atoms with Crippen LogP contribution in [0.1, 0.15) is 29.6 Å². The SMILES string of the molecule is COc1cc(I)c(Cl)cc1C(=O)N1CCCC(CCO)C1. The molecule has 1 aromatic carbocycles. The first kappa shape index (κ1) is 16.8. The molecule has 0 bridgehead atoms. The van der Waals surface area contributed by atoms with Gasteiger partial charge in [0.2, 0.25) is 0 Å². The summed E-state index contributed by atoms with van der Waals surface area (Å²) in [6, 6.07) is 3.46. The summed E-state index contributed by atoms with van der Waals surface area (Å²) in [5, 5.41) is 9.63. The Morgan fingerprint density at radius 1 is 1.57 bits per heavy atom. The molecule has 1 amide bonds. The largest absolute Gasteiger partial charge is 0.496 e. The smallest absolute Gasteiger partial charge is 0.257 e. The lowest BCUT2D eigenvalue weighted by Crippen LogP contribution is -2.40. The Hall–Kier alpha value is -0.530. The fraction of sp³-hybridized carbons (Fsp3) is 0.533. The molecule has 0 saturated carbocycles. The zero-order valence-corrected chi connectivity index (χ0v) is 14.9. The van der Waals surface area contributed by atoms with Crippen molar-refractivity contribution in [3.05, 3.63) is 26.3 Å². The molecule has 1 aromatic rings. The molecule has 21 heavy (non-hydrogen) atoms. The number of ether oxygens (including phenoxy) is 1. The molecule has 1 N–H and O–H groups in total. The van der Waals surface area contributed by atoms with E-state index in [0.717, 1.165) is 29.4 Å². The van der Waals surface area contributed by atoms with Crippen molar-refractivity contribution < 1.29 is 14.6 Å². The van der Waals surface area contributed by atoms with Crippen molar-refractivity contribution in [2.75, 3.05) is 26.8 Å². The number of methoxy groups -OCH3 is 1. The number of hydrogen-bond donors (Lipinski definition) is 1. The Labute approximate surface area is 143 Å². The first-order valence-electron chi connectivity index (χ1n) is 7.00. The average molecular weight is 424 g/mol. The molecule has 0 aromatic heterocycles. The maximum absolute atomic E-state index is 12.7. The third-order valence-corrected chi connectivity index (χ3v) is 5.34. The van der Waals surface area contributed by atoms with Gasteiger partial charge in [0.05, 0.1) is 17.7 Å². The molecule has 1 heterocycles. The number of halogens is 2. The molecule has 0 aliphatic carbocycles. The molecule has 1 aliphatic rings. The van der Waals surface area contributed by atoms with Crippen LogP contribution in [0.4, 0.5) is 0 Å². The average Bonchev–Trinajstić information content (AvgIpc) is 2.49. The highest BCUT2D eigenvalue weighted by Gasteiger charge is 2.26. The number of carbonyl (C=O) groups excluding carboxylic acids is 1. The van der Waals surface area contributed by atoms with Gasteiger partial charge in [0.25, 0.3) is 5.91 Å². The Morgan fingerprint density at radius 3 is 3.00 bits per heavy atom. The van der Waals surface area contributed by atoms with E-state index in [1.165, 1.54) is 0 Å². The molecule has 4 nitrogen and oxygen atoms in total. The molecule has 1 unspecified atom stereocenters. The van der Waals surface area contributed by atoms with E-state index in [-0.39, 0.29) is 12.5 Å². The Balaban J connectivity index is 2.21. The number of hydrogen-bond acceptors (Lipinski definition) is 3. The molecule has 6 heteroatoms. The normalized spacial score (nSPS) is 18.7. The van der Waals surface area contributed by atoms with E-state index in [9.17, 15) is 4.79 Å². The van der Waals surface area contributed by atoms with E-state index in [1.54, 1.807) is 19.2 Å². The van der Waals surface area contributed by atoms with Crippen LogP contribution >= 0.6 is 34.2 Å². The van der Waals surface area contributed by atoms with Crippen LogP contribution in [-0.2, 0) is 0 Å². The third kappa shape index (κ3) is 4.02. The van der Waals surface area contributed by atoms with E-state index < -0.39 is 0 Å². The second-order valence-corrected chi connectivity index (χ2v) is 6.81. The Kier molecular flexibility index (Phi) is 6.13. The van der Waals surface area contributed by atoms with Gasteiger partial charge in [-0.3, -0.25) is 4.79 Å². The minimum absolute atomic E-state index is 0.0483. The summed E-state index contributed by atoms with van der Waals surface area (Å²) in [6.07, 6.45) is 2.78. The van der Waals surface area contributed by atoms with Gasteiger partial charge in [-0.25, -0.2) is 0 Å². The molecule has 1 fully saturated rings. The summed E-state index contributed by atoms with van der Waals surface area (Å²) in [5.41, 5.74) is 0.507. The van der Waals surface area contributed by atoms with E-state index in [0.29, 0.717) is 28.8 Å². The predicted octanol–water partition coefficient (Wildman–Crippen LogP) is 3.19. The number of carbonyl (C=O) groups is 1. The number of nitrogens with zero attached hydrogens (tertiary/aromatic N) is 1. The summed E-state index contributed by atoms with van der Waals surface area (Å²) >= 11 is 8.25. The number of benzene rings is 1. The van der Waals surface area contributed by atoms with Crippen LogP contribution in [0.3, 0.4) is 0 Å². The minimum Gasteiger partial charge on any atom is -0.496 e. The first-order chi connectivity index (χ1) is 10.1. The summed E-state index contributed by atoms with van der Waals surface area (Å²) in [4.78, 5) is 14.6. The third-order valence-electron chi connectivity index (χ3n) is 3.82. The lowest BCUT2D eigenvalue weighted by atomic mass is 9.94. The summed E-state index contributed by atoms with van der Waals surface area (Å²) < 4.78 is 6.18. The lowest BCUT2D eigenvalue weighted by molar-refractivity contribution is 0.0650. The predicted molar refractivity (Wildman–Crippen MR) is 91.1 cm³/mol. The number of amides is 1. The minimum atomic E-state index is -0.0483. The summed E-state index contributed by atoms with van der Waals surface area (Å²) in [6.45, 7) is 1.60. The molecular weight excluding hydrogens is 405 g/mol. The molecule has 0 spiro atoms. The van der Waals surface area contributed by atoms with Gasteiger partial charge in [0.1, 0.15) is 5.75 Å². The zero-order valence-electron chi connectivity index (χ0n) is 11.9. The molecule has 1 aliphatic heterocycles. The number of aliphatic hydroxyl groups excluding tert-OH is 1. The van der Waals surface area contributed by atoms with Crippen LogP contribution in [0, 0.1) is 9.49 Å². The van der Waals surface area contributed by atoms with E-state index >= 15 is 0 Å². The van der Waals surface area contributed by atoms with Crippen LogP contribution < -0.4 is 4.74 Å². The van der Waals surface area contributed by atoms with E-state index in [1.807, 2.05) is 4.90 Å². The van der Waals surface area contributed by atoms with Crippen LogP contribution in [0.2, 0.25) is 5.02 Å². The first-order valence-corrected chi connectivity index (χ1v) is 8.45. The molecule has 1 saturated heterocycles. The fourth-order valence-electron chi connectivity index (χ4n) is 2.70. The van der Waals surface area contributed by atoms with Crippen molar-refractivity contribution in [1.82, 2.24) is 4.90 Å². The topological polar surface area (TPSA) is 49.8 Å². The lowest BCUT2D eigenvalue weighted by Gasteiger charge is -2.33. The Morgan fingerprint density at radius 2 is 2.33 bits per heavy atom. The van der Waals surface area contributed by atoms with Gasteiger partial charge in [-0.2, -0.15) is 0 Å². The highest BCUT2D eigenvalue weighted by atomic mass is 127. The van der Waals surface area contributed by atoms with Gasteiger partial charge in [0, 0.05) is 23.3 Å². The second-order valence-electron chi connectivity index (χ2n) is 5.24. The van der Waals surface area contributed by atoms with Crippen LogP contribution in [-0.4, -0.2) is 42.7 Å². The van der Waals surface area contributed by atoms with E-state index in [2.05, 4.69) is 22.6 Å². The van der Waals surface area contributed by atoms with Gasteiger partial charge in [0.15, 0.2) is 0 Å². The van der Waals surface area contributed by atoms with Crippen molar-refractivity contribution in [1.29, 1.82) is 0 Å². The van der Waals surface area contributed by atoms with Crippen LogP contribution in [0.15, 0.2) is 12.1 Å². The molecule has 2 rings (SSSR count). The van der Waals surface area contributed by atoms with Gasteiger partial charge < -0.3 is 14.7 Å². The van der Waals surface area contributed by atoms with E-state index in [4.69, 9.17) is 21.4 Å². The van der Waals surface area contributed by atoms with Crippen molar-refractivity contribution in [3.8, 4) is 5.75 Å². The maximum atomic E-state index is 12.7. The second kappa shape index (κ2) is 7.65. The highest BCUT2D eigenvalue weighted by molar-refractivity contribution is 14.1. The summed E-state index contributed by atoms with van der Waals surface area (Å²) in [5.74, 6) is 0.879. The molecule has 116 valence electrons. The maximum Gasteiger partial charge on any atom is 0.257 e. The quantitative estimate of drug-likeness (QED) is 0.757. The standard InChI is InChI=1S/C15H19ClINO3/c1-21-14-8-13(17)12(16)7-11(14)15(20)18-5-2-3-10(9-18)4-6-19/h7-8,10,19H,2-6,9H2,1H3. The van der Waals surface area contributed by atoms with Crippen molar-refractivity contribution in [2.45, 2.75) is 19.3 Å². The monoisotopic (exact) mass is 423 g/mol. The van der Waals surface area contributed by atoms with Gasteiger partial charge in [-0.05, 0) is 59.9 Å². The number of rotatable bonds is 4. The van der Waals surface area contributed by atoms with Crippen molar-refractivity contribution >= 4 is 40.1 Å². The Bertz CT molecular complexity index is 522. The van der Waals surface area contributed by atoms with Gasteiger partial charge >= 0.3 is 0 Å². The number of likely N-dealkylation sites (tertiary alicyclic amines) is 1. The molecule has 1 atom stereocenters. The highest BCUT2D eigenvalue weighted by Crippen LogP contribution is 2.30. The number of aliphatic hydroxyl groups is 1. The van der Waals surface area contributed by atoms with Gasteiger partial charge in [-0.1, -0.05) is 11.6 Å². The molecular formula is C15H19ClINO3. The summed E-state index contributed by atoms with van der Waals surface area (Å²) in [7, 11) is 1.56. The fourth-order valence-corrected chi connectivity index (χ4v) is 3.30. The zero-order chi connectivity index (χ0) is 15.4. The van der Waals surface area contributed by atoms with Crippen LogP contribution in [0.25, 0.3) is 0 Å². The van der Waals surface area contributed by atoms with Crippen molar-refractivity contribution in [2.24, 2.45) is 5.92 Å².